The third-order valence-corrected chi connectivity index (χ3v) is 2.90. The van der Waals surface area contributed by atoms with E-state index in [1.807, 2.05) is 24.3 Å². The Morgan fingerprint density at radius 2 is 1.95 bits per heavy atom. The highest BCUT2D eigenvalue weighted by Crippen LogP contribution is 2.14. The summed E-state index contributed by atoms with van der Waals surface area (Å²) in [5.41, 5.74) is 6.70. The molecule has 106 valence electrons. The van der Waals surface area contributed by atoms with Crippen LogP contribution in [0.3, 0.4) is 0 Å². The Morgan fingerprint density at radius 3 is 2.53 bits per heavy atom. The van der Waals surface area contributed by atoms with Gasteiger partial charge in [0.15, 0.2) is 0 Å². The van der Waals surface area contributed by atoms with Crippen LogP contribution < -0.4 is 10.5 Å². The summed E-state index contributed by atoms with van der Waals surface area (Å²) in [6, 6.07) is 7.06. The van der Waals surface area contributed by atoms with Gasteiger partial charge in [-0.05, 0) is 30.5 Å². The maximum atomic E-state index is 11.2. The van der Waals surface area contributed by atoms with Crippen molar-refractivity contribution in [1.82, 2.24) is 0 Å². The molecule has 0 saturated carbocycles. The number of benzene rings is 1. The molecular formula is C15H23NO3. The third-order valence-electron chi connectivity index (χ3n) is 2.90. The summed E-state index contributed by atoms with van der Waals surface area (Å²) in [6.07, 6.45) is 3.92. The molecule has 0 heterocycles. The number of methoxy groups -OCH3 is 1. The van der Waals surface area contributed by atoms with E-state index >= 15 is 0 Å². The lowest BCUT2D eigenvalue weighted by atomic mass is 10.1. The van der Waals surface area contributed by atoms with Crippen LogP contribution in [0, 0.1) is 0 Å². The van der Waals surface area contributed by atoms with Crippen LogP contribution in [0.2, 0.25) is 0 Å². The molecule has 0 aliphatic heterocycles. The molecule has 0 unspecified atom stereocenters. The minimum Gasteiger partial charge on any atom is -0.494 e. The minimum atomic E-state index is -0.610. The fourth-order valence-corrected chi connectivity index (χ4v) is 1.75. The maximum Gasteiger partial charge on any atom is 0.322 e. The van der Waals surface area contributed by atoms with E-state index in [0.717, 1.165) is 24.3 Å². The van der Waals surface area contributed by atoms with Crippen LogP contribution in [-0.2, 0) is 16.0 Å². The molecule has 1 aromatic carbocycles. The lowest BCUT2D eigenvalue weighted by Gasteiger charge is -2.10. The van der Waals surface area contributed by atoms with Crippen LogP contribution in [0.25, 0.3) is 0 Å². The standard InChI is InChI=1S/C15H23NO3/c1-3-4-5-10-19-13-8-6-12(7-9-13)11-14(16)15(17)18-2/h6-9,14H,3-5,10-11,16H2,1-2H3/t14-/m0/s1. The molecule has 4 heteroatoms. The van der Waals surface area contributed by atoms with Crippen LogP contribution >= 0.6 is 0 Å². The summed E-state index contributed by atoms with van der Waals surface area (Å²) in [6.45, 7) is 2.91. The van der Waals surface area contributed by atoms with Crippen LogP contribution in [-0.4, -0.2) is 25.7 Å². The van der Waals surface area contributed by atoms with Crippen LogP contribution in [0.5, 0.6) is 5.75 Å². The van der Waals surface area contributed by atoms with Crippen molar-refractivity contribution in [3.8, 4) is 5.75 Å². The molecule has 0 aliphatic carbocycles. The predicted octanol–water partition coefficient (Wildman–Crippen LogP) is 2.30. The fraction of sp³-hybridized carbons (Fsp3) is 0.533. The Balaban J connectivity index is 2.41. The van der Waals surface area contributed by atoms with Crippen molar-refractivity contribution >= 4 is 5.97 Å². The molecule has 19 heavy (non-hydrogen) atoms. The van der Waals surface area contributed by atoms with E-state index < -0.39 is 6.04 Å². The highest BCUT2D eigenvalue weighted by atomic mass is 16.5. The summed E-state index contributed by atoms with van der Waals surface area (Å²) in [7, 11) is 1.34. The van der Waals surface area contributed by atoms with Crippen molar-refractivity contribution in [2.24, 2.45) is 5.73 Å². The molecule has 1 aromatic rings. The zero-order valence-electron chi connectivity index (χ0n) is 11.7. The van der Waals surface area contributed by atoms with Gasteiger partial charge in [-0.25, -0.2) is 0 Å². The van der Waals surface area contributed by atoms with E-state index in [2.05, 4.69) is 11.7 Å². The normalized spacial score (nSPS) is 11.9. The molecular weight excluding hydrogens is 242 g/mol. The van der Waals surface area contributed by atoms with Gasteiger partial charge in [0.1, 0.15) is 11.8 Å². The van der Waals surface area contributed by atoms with E-state index in [4.69, 9.17) is 10.5 Å². The first-order valence-electron chi connectivity index (χ1n) is 6.72. The first kappa shape index (κ1) is 15.5. The molecule has 0 bridgehead atoms. The molecule has 0 radical (unpaired) electrons. The number of hydrogen-bond acceptors (Lipinski definition) is 4. The molecule has 4 nitrogen and oxygen atoms in total. The average molecular weight is 265 g/mol. The van der Waals surface area contributed by atoms with Crippen molar-refractivity contribution in [1.29, 1.82) is 0 Å². The number of esters is 1. The Kier molecular flexibility index (Phi) is 6.97. The summed E-state index contributed by atoms with van der Waals surface area (Å²) in [4.78, 5) is 11.2. The van der Waals surface area contributed by atoms with Crippen molar-refractivity contribution in [3.05, 3.63) is 29.8 Å². The van der Waals surface area contributed by atoms with Crippen LogP contribution in [0.4, 0.5) is 0 Å². The molecule has 0 aliphatic rings. The van der Waals surface area contributed by atoms with Gasteiger partial charge in [-0.1, -0.05) is 31.9 Å². The van der Waals surface area contributed by atoms with Gasteiger partial charge < -0.3 is 15.2 Å². The lowest BCUT2D eigenvalue weighted by Crippen LogP contribution is -2.33. The predicted molar refractivity (Wildman–Crippen MR) is 75.2 cm³/mol. The second-order valence-electron chi connectivity index (χ2n) is 4.53. The zero-order chi connectivity index (χ0) is 14.1. The summed E-state index contributed by atoms with van der Waals surface area (Å²) < 4.78 is 10.2. The van der Waals surface area contributed by atoms with Crippen molar-refractivity contribution in [2.45, 2.75) is 38.6 Å². The average Bonchev–Trinajstić information content (AvgIpc) is 2.44. The monoisotopic (exact) mass is 265 g/mol. The van der Waals surface area contributed by atoms with Crippen molar-refractivity contribution in [3.63, 3.8) is 0 Å². The summed E-state index contributed by atoms with van der Waals surface area (Å²) >= 11 is 0. The smallest absolute Gasteiger partial charge is 0.322 e. The molecule has 0 spiro atoms. The SMILES string of the molecule is CCCCCOc1ccc(C[C@H](N)C(=O)OC)cc1. The van der Waals surface area contributed by atoms with Gasteiger partial charge in [0.05, 0.1) is 13.7 Å². The largest absolute Gasteiger partial charge is 0.494 e. The Bertz CT molecular complexity index is 375. The van der Waals surface area contributed by atoms with Gasteiger partial charge in [-0.2, -0.15) is 0 Å². The number of nitrogens with two attached hydrogens (primary N) is 1. The molecule has 0 saturated heterocycles. The zero-order valence-corrected chi connectivity index (χ0v) is 11.7. The van der Waals surface area contributed by atoms with E-state index in [1.54, 1.807) is 0 Å². The van der Waals surface area contributed by atoms with Crippen LogP contribution in [0.1, 0.15) is 31.7 Å². The molecule has 0 aromatic heterocycles. The van der Waals surface area contributed by atoms with Gasteiger partial charge >= 0.3 is 5.97 Å². The number of hydrogen-bond donors (Lipinski definition) is 1. The van der Waals surface area contributed by atoms with Gasteiger partial charge in [0.25, 0.3) is 0 Å². The number of ether oxygens (including phenoxy) is 2. The van der Waals surface area contributed by atoms with Gasteiger partial charge in [0, 0.05) is 0 Å². The fourth-order valence-electron chi connectivity index (χ4n) is 1.75. The second-order valence-corrected chi connectivity index (χ2v) is 4.53. The van der Waals surface area contributed by atoms with E-state index in [1.165, 1.54) is 20.0 Å². The molecule has 1 rings (SSSR count). The topological polar surface area (TPSA) is 61.5 Å². The van der Waals surface area contributed by atoms with Crippen molar-refractivity contribution in [2.75, 3.05) is 13.7 Å². The molecule has 1 atom stereocenters. The number of unbranched alkanes of at least 4 members (excludes halogenated alkanes) is 2. The van der Waals surface area contributed by atoms with Gasteiger partial charge in [0.2, 0.25) is 0 Å². The number of carbonyl (C=O) groups excluding carboxylic acids is 1. The number of rotatable bonds is 8. The summed E-state index contributed by atoms with van der Waals surface area (Å²) in [5, 5.41) is 0. The van der Waals surface area contributed by atoms with Crippen molar-refractivity contribution < 1.29 is 14.3 Å². The first-order valence-corrected chi connectivity index (χ1v) is 6.72. The quantitative estimate of drug-likeness (QED) is 0.578. The highest BCUT2D eigenvalue weighted by Gasteiger charge is 2.13. The minimum absolute atomic E-state index is 0.389. The number of carbonyl (C=O) groups is 1. The first-order chi connectivity index (χ1) is 9.17. The third kappa shape index (κ3) is 5.75. The molecule has 2 N–H and O–H groups in total. The molecule has 0 amide bonds. The lowest BCUT2D eigenvalue weighted by molar-refractivity contribution is -0.142. The Hall–Kier alpha value is -1.55. The maximum absolute atomic E-state index is 11.2. The second kappa shape index (κ2) is 8.53. The van der Waals surface area contributed by atoms with Gasteiger partial charge in [-0.15, -0.1) is 0 Å². The van der Waals surface area contributed by atoms with E-state index in [9.17, 15) is 4.79 Å². The summed E-state index contributed by atoms with van der Waals surface area (Å²) in [5.74, 6) is 0.464. The van der Waals surface area contributed by atoms with E-state index in [0.29, 0.717) is 6.42 Å². The Morgan fingerprint density at radius 1 is 1.26 bits per heavy atom. The Labute approximate surface area is 114 Å². The highest BCUT2D eigenvalue weighted by molar-refractivity contribution is 5.75. The van der Waals surface area contributed by atoms with Crippen LogP contribution in [0.15, 0.2) is 24.3 Å². The molecule has 0 fully saturated rings. The van der Waals surface area contributed by atoms with E-state index in [-0.39, 0.29) is 5.97 Å². The van der Waals surface area contributed by atoms with Gasteiger partial charge in [-0.3, -0.25) is 4.79 Å².